The van der Waals surface area contributed by atoms with Crippen molar-refractivity contribution in [2.75, 3.05) is 11.9 Å². The van der Waals surface area contributed by atoms with Crippen molar-refractivity contribution >= 4 is 16.6 Å². The van der Waals surface area contributed by atoms with Crippen LogP contribution in [0.3, 0.4) is 0 Å². The molecular formula is C17H23FN2. The van der Waals surface area contributed by atoms with E-state index in [1.54, 1.807) is 6.07 Å². The van der Waals surface area contributed by atoms with Gasteiger partial charge in [-0.25, -0.2) is 9.37 Å². The maximum Gasteiger partial charge on any atom is 0.149 e. The Balaban J connectivity index is 2.71. The van der Waals surface area contributed by atoms with Crippen LogP contribution < -0.4 is 5.32 Å². The molecule has 1 aromatic carbocycles. The highest BCUT2D eigenvalue weighted by Gasteiger charge is 2.19. The Hall–Kier alpha value is -1.64. The minimum absolute atomic E-state index is 0.103. The zero-order valence-electron chi connectivity index (χ0n) is 13.0. The van der Waals surface area contributed by atoms with Gasteiger partial charge in [-0.05, 0) is 37.1 Å². The Bertz CT molecular complexity index is 627. The van der Waals surface area contributed by atoms with Gasteiger partial charge in [0.2, 0.25) is 0 Å². The van der Waals surface area contributed by atoms with Crippen LogP contribution in [-0.2, 0) is 5.41 Å². The zero-order valence-corrected chi connectivity index (χ0v) is 13.0. The molecule has 0 amide bonds. The Kier molecular flexibility index (Phi) is 3.98. The van der Waals surface area contributed by atoms with Crippen LogP contribution >= 0.6 is 0 Å². The van der Waals surface area contributed by atoms with E-state index in [-0.39, 0.29) is 11.2 Å². The second-order valence-corrected chi connectivity index (χ2v) is 6.37. The van der Waals surface area contributed by atoms with E-state index in [1.165, 1.54) is 0 Å². The average Bonchev–Trinajstić information content (AvgIpc) is 2.34. The fourth-order valence-electron chi connectivity index (χ4n) is 2.21. The number of halogens is 1. The van der Waals surface area contributed by atoms with Gasteiger partial charge in [0.15, 0.2) is 0 Å². The Labute approximate surface area is 120 Å². The first-order chi connectivity index (χ1) is 9.32. The van der Waals surface area contributed by atoms with Gasteiger partial charge in [-0.1, -0.05) is 27.7 Å². The zero-order chi connectivity index (χ0) is 14.9. The first-order valence-corrected chi connectivity index (χ1v) is 7.18. The first kappa shape index (κ1) is 14.8. The Morgan fingerprint density at radius 2 is 1.90 bits per heavy atom. The van der Waals surface area contributed by atoms with Crippen molar-refractivity contribution in [1.29, 1.82) is 0 Å². The van der Waals surface area contributed by atoms with Crippen molar-refractivity contribution in [1.82, 2.24) is 4.98 Å². The predicted molar refractivity (Wildman–Crippen MR) is 83.9 cm³/mol. The maximum absolute atomic E-state index is 14.2. The van der Waals surface area contributed by atoms with Gasteiger partial charge in [0.05, 0.1) is 0 Å². The van der Waals surface area contributed by atoms with Crippen molar-refractivity contribution < 1.29 is 4.39 Å². The number of nitrogens with one attached hydrogen (secondary N) is 1. The van der Waals surface area contributed by atoms with E-state index in [1.807, 2.05) is 13.0 Å². The van der Waals surface area contributed by atoms with Crippen LogP contribution in [-0.4, -0.2) is 11.5 Å². The lowest BCUT2D eigenvalue weighted by molar-refractivity contribution is 0.569. The molecule has 2 rings (SSSR count). The summed E-state index contributed by atoms with van der Waals surface area (Å²) in [6, 6.07) is 5.60. The van der Waals surface area contributed by atoms with E-state index in [0.29, 0.717) is 5.52 Å². The molecule has 2 nitrogen and oxygen atoms in total. The smallest absolute Gasteiger partial charge is 0.149 e. The molecule has 20 heavy (non-hydrogen) atoms. The predicted octanol–water partition coefficient (Wildman–Crippen LogP) is 4.80. The number of hydrogen-bond acceptors (Lipinski definition) is 2. The summed E-state index contributed by atoms with van der Waals surface area (Å²) in [4.78, 5) is 4.54. The molecule has 0 aliphatic heterocycles. The summed E-state index contributed by atoms with van der Waals surface area (Å²) in [5, 5.41) is 4.26. The number of aromatic nitrogens is 1. The lowest BCUT2D eigenvalue weighted by Crippen LogP contribution is -2.15. The Morgan fingerprint density at radius 3 is 2.50 bits per heavy atom. The molecule has 108 valence electrons. The molecule has 3 heteroatoms. The minimum atomic E-state index is -0.245. The number of fused-ring (bicyclic) bond motifs is 1. The van der Waals surface area contributed by atoms with Gasteiger partial charge < -0.3 is 5.32 Å². The number of hydrogen-bond donors (Lipinski definition) is 1. The molecule has 0 spiro atoms. The summed E-state index contributed by atoms with van der Waals surface area (Å²) in [7, 11) is 0. The standard InChI is InChI=1S/C17H23FN2/c1-6-7-19-14-10-15(17(3,4)5)20-16-12(14)8-11(2)9-13(16)18/h8-10H,6-7H2,1-5H3,(H,19,20). The molecule has 0 saturated carbocycles. The molecular weight excluding hydrogens is 251 g/mol. The van der Waals surface area contributed by atoms with Crippen molar-refractivity contribution in [3.8, 4) is 0 Å². The van der Waals surface area contributed by atoms with E-state index in [4.69, 9.17) is 0 Å². The molecule has 1 heterocycles. The minimum Gasteiger partial charge on any atom is -0.384 e. The van der Waals surface area contributed by atoms with E-state index in [0.717, 1.165) is 35.3 Å². The number of aryl methyl sites for hydroxylation is 1. The number of pyridine rings is 1. The van der Waals surface area contributed by atoms with Crippen LogP contribution in [0.4, 0.5) is 10.1 Å². The number of rotatable bonds is 3. The summed E-state index contributed by atoms with van der Waals surface area (Å²) in [6.45, 7) is 11.2. The van der Waals surface area contributed by atoms with Gasteiger partial charge in [-0.2, -0.15) is 0 Å². The number of anilines is 1. The highest BCUT2D eigenvalue weighted by molar-refractivity contribution is 5.92. The summed E-state index contributed by atoms with van der Waals surface area (Å²) >= 11 is 0. The molecule has 0 aliphatic carbocycles. The molecule has 1 N–H and O–H groups in total. The van der Waals surface area contributed by atoms with Crippen molar-refractivity contribution in [2.24, 2.45) is 0 Å². The third-order valence-corrected chi connectivity index (χ3v) is 3.35. The van der Waals surface area contributed by atoms with Crippen molar-refractivity contribution in [3.63, 3.8) is 0 Å². The SMILES string of the molecule is CCCNc1cc(C(C)(C)C)nc2c(F)cc(C)cc12. The quantitative estimate of drug-likeness (QED) is 0.869. The Morgan fingerprint density at radius 1 is 1.20 bits per heavy atom. The molecule has 0 fully saturated rings. The van der Waals surface area contributed by atoms with Gasteiger partial charge in [0, 0.05) is 28.7 Å². The second-order valence-electron chi connectivity index (χ2n) is 6.37. The van der Waals surface area contributed by atoms with Crippen LogP contribution in [0.15, 0.2) is 18.2 Å². The molecule has 0 aliphatic rings. The number of benzene rings is 1. The lowest BCUT2D eigenvalue weighted by Gasteiger charge is -2.21. The van der Waals surface area contributed by atoms with Crippen LogP contribution in [0.25, 0.3) is 10.9 Å². The normalized spacial score (nSPS) is 11.9. The highest BCUT2D eigenvalue weighted by atomic mass is 19.1. The fourth-order valence-corrected chi connectivity index (χ4v) is 2.21. The summed E-state index contributed by atoms with van der Waals surface area (Å²) in [5.41, 5.74) is 3.16. The summed E-state index contributed by atoms with van der Waals surface area (Å²) in [6.07, 6.45) is 1.03. The van der Waals surface area contributed by atoms with E-state index in [9.17, 15) is 4.39 Å². The van der Waals surface area contributed by atoms with Crippen LogP contribution in [0.5, 0.6) is 0 Å². The van der Waals surface area contributed by atoms with E-state index < -0.39 is 0 Å². The lowest BCUT2D eigenvalue weighted by atomic mass is 9.90. The first-order valence-electron chi connectivity index (χ1n) is 7.18. The molecule has 0 unspecified atom stereocenters. The molecule has 0 radical (unpaired) electrons. The van der Waals surface area contributed by atoms with Crippen LogP contribution in [0.1, 0.15) is 45.4 Å². The largest absolute Gasteiger partial charge is 0.384 e. The van der Waals surface area contributed by atoms with Gasteiger partial charge in [-0.15, -0.1) is 0 Å². The fraction of sp³-hybridized carbons (Fsp3) is 0.471. The summed E-state index contributed by atoms with van der Waals surface area (Å²) < 4.78 is 14.2. The van der Waals surface area contributed by atoms with Gasteiger partial charge in [-0.3, -0.25) is 0 Å². The molecule has 1 aromatic heterocycles. The molecule has 0 bridgehead atoms. The number of nitrogens with zero attached hydrogens (tertiary/aromatic N) is 1. The second kappa shape index (κ2) is 5.39. The topological polar surface area (TPSA) is 24.9 Å². The molecule has 0 saturated heterocycles. The van der Waals surface area contributed by atoms with Crippen molar-refractivity contribution in [2.45, 2.75) is 46.5 Å². The third kappa shape index (κ3) is 2.92. The van der Waals surface area contributed by atoms with Crippen LogP contribution in [0, 0.1) is 12.7 Å². The van der Waals surface area contributed by atoms with Gasteiger partial charge in [0.1, 0.15) is 11.3 Å². The monoisotopic (exact) mass is 274 g/mol. The van der Waals surface area contributed by atoms with Crippen LogP contribution in [0.2, 0.25) is 0 Å². The molecule has 0 atom stereocenters. The maximum atomic E-state index is 14.2. The average molecular weight is 274 g/mol. The summed E-state index contributed by atoms with van der Waals surface area (Å²) in [5.74, 6) is -0.245. The third-order valence-electron chi connectivity index (χ3n) is 3.35. The van der Waals surface area contributed by atoms with Gasteiger partial charge >= 0.3 is 0 Å². The van der Waals surface area contributed by atoms with E-state index in [2.05, 4.69) is 44.1 Å². The van der Waals surface area contributed by atoms with Crippen molar-refractivity contribution in [3.05, 3.63) is 35.3 Å². The van der Waals surface area contributed by atoms with E-state index >= 15 is 0 Å². The highest BCUT2D eigenvalue weighted by Crippen LogP contribution is 2.31. The van der Waals surface area contributed by atoms with Gasteiger partial charge in [0.25, 0.3) is 0 Å². The molecule has 2 aromatic rings.